The number of rotatable bonds is 4. The third kappa shape index (κ3) is 4.03. The Morgan fingerprint density at radius 1 is 1.11 bits per heavy atom. The molecule has 4 rings (SSSR count). The van der Waals surface area contributed by atoms with Gasteiger partial charge in [0.15, 0.2) is 5.76 Å². The first-order chi connectivity index (χ1) is 13.7. The number of benzene rings is 2. The van der Waals surface area contributed by atoms with Gasteiger partial charge in [-0.2, -0.15) is 0 Å². The second kappa shape index (κ2) is 7.95. The molecule has 2 aromatic heterocycles. The second-order valence-corrected chi connectivity index (χ2v) is 6.39. The number of hydrogen-bond donors (Lipinski definition) is 1. The Morgan fingerprint density at radius 3 is 2.54 bits per heavy atom. The average molecular weight is 368 g/mol. The summed E-state index contributed by atoms with van der Waals surface area (Å²) in [6.07, 6.45) is 2.84. The fourth-order valence-corrected chi connectivity index (χ4v) is 2.85. The van der Waals surface area contributed by atoms with Gasteiger partial charge < -0.3 is 14.2 Å². The Kier molecular flexibility index (Phi) is 5.05. The van der Waals surface area contributed by atoms with Crippen molar-refractivity contribution < 1.29 is 9.63 Å². The van der Waals surface area contributed by atoms with E-state index in [1.165, 1.54) is 0 Å². The van der Waals surface area contributed by atoms with Crippen LogP contribution in [0.1, 0.15) is 35.7 Å². The molecule has 0 aliphatic rings. The van der Waals surface area contributed by atoms with E-state index in [4.69, 9.17) is 4.52 Å². The molecule has 28 heavy (non-hydrogen) atoms. The molecule has 1 atom stereocenters. The molecule has 0 aliphatic heterocycles. The van der Waals surface area contributed by atoms with Gasteiger partial charge in [-0.25, -0.2) is 4.98 Å². The predicted octanol–water partition coefficient (Wildman–Crippen LogP) is 3.84. The molecule has 1 radical (unpaired) electrons. The molecule has 2 aromatic carbocycles. The van der Waals surface area contributed by atoms with E-state index in [2.05, 4.69) is 28.0 Å². The average Bonchev–Trinajstić information content (AvgIpc) is 3.38. The van der Waals surface area contributed by atoms with Crippen LogP contribution in [0.25, 0.3) is 11.3 Å². The molecule has 5 heteroatoms. The topological polar surface area (TPSA) is 64.1 Å². The minimum atomic E-state index is -0.635. The molecule has 2 heterocycles. The van der Waals surface area contributed by atoms with Crippen molar-refractivity contribution in [3.63, 3.8) is 0 Å². The standard InChI is InChI=1S/C23H18N3O2/c1-17(27)23-24-13-14-26(23)16-21-15-22(28-25-21)20-11-9-19(10-12-20)8-7-18-5-3-2-4-6-18/h3-6,9-15,17,27H,16H2,1H3/t17-/m0/s1. The Hall–Kier alpha value is -3.62. The third-order valence-corrected chi connectivity index (χ3v) is 4.25. The number of aliphatic hydroxyl groups excluding tert-OH is 1. The summed E-state index contributed by atoms with van der Waals surface area (Å²) in [5.74, 6) is 7.56. The van der Waals surface area contributed by atoms with Crippen molar-refractivity contribution in [3.05, 3.63) is 95.7 Å². The lowest BCUT2D eigenvalue weighted by atomic mass is 10.1. The molecule has 0 unspecified atom stereocenters. The van der Waals surface area contributed by atoms with Gasteiger partial charge in [0.2, 0.25) is 0 Å². The van der Waals surface area contributed by atoms with Crippen molar-refractivity contribution in [1.29, 1.82) is 0 Å². The Bertz CT molecular complexity index is 1110. The lowest BCUT2D eigenvalue weighted by Crippen LogP contribution is -2.07. The van der Waals surface area contributed by atoms with Crippen LogP contribution in [0.3, 0.4) is 0 Å². The first-order valence-corrected chi connectivity index (χ1v) is 8.92. The van der Waals surface area contributed by atoms with Crippen LogP contribution in [0.15, 0.2) is 71.5 Å². The second-order valence-electron chi connectivity index (χ2n) is 6.39. The number of hydrogen-bond acceptors (Lipinski definition) is 4. The van der Waals surface area contributed by atoms with Crippen molar-refractivity contribution in [1.82, 2.24) is 14.7 Å². The van der Waals surface area contributed by atoms with Crippen molar-refractivity contribution >= 4 is 0 Å². The van der Waals surface area contributed by atoms with Gasteiger partial charge in [-0.15, -0.1) is 0 Å². The van der Waals surface area contributed by atoms with E-state index in [9.17, 15) is 5.11 Å². The highest BCUT2D eigenvalue weighted by molar-refractivity contribution is 5.59. The molecule has 0 amide bonds. The molecule has 0 aliphatic carbocycles. The molecule has 0 fully saturated rings. The van der Waals surface area contributed by atoms with Crippen molar-refractivity contribution in [2.45, 2.75) is 19.6 Å². The Labute approximate surface area is 163 Å². The Morgan fingerprint density at radius 2 is 1.82 bits per heavy atom. The van der Waals surface area contributed by atoms with Gasteiger partial charge in [-0.1, -0.05) is 29.1 Å². The van der Waals surface area contributed by atoms with Crippen LogP contribution in [0, 0.1) is 17.9 Å². The largest absolute Gasteiger partial charge is 0.385 e. The smallest absolute Gasteiger partial charge is 0.167 e. The highest BCUT2D eigenvalue weighted by Gasteiger charge is 2.12. The van der Waals surface area contributed by atoms with Gasteiger partial charge in [0.05, 0.1) is 6.54 Å². The van der Waals surface area contributed by atoms with Gasteiger partial charge in [0, 0.05) is 35.2 Å². The zero-order valence-corrected chi connectivity index (χ0v) is 15.3. The lowest BCUT2D eigenvalue weighted by molar-refractivity contribution is 0.184. The van der Waals surface area contributed by atoms with Gasteiger partial charge in [-0.05, 0) is 49.4 Å². The SMILES string of the molecule is C[C@H](O)c1nccn1Cc1cc(-c2ccc(C#Cc3cc[c]cc3)cc2)on1. The van der Waals surface area contributed by atoms with Gasteiger partial charge in [0.1, 0.15) is 17.6 Å². The van der Waals surface area contributed by atoms with Crippen molar-refractivity contribution in [3.8, 4) is 23.2 Å². The predicted molar refractivity (Wildman–Crippen MR) is 105 cm³/mol. The molecule has 0 saturated heterocycles. The first kappa shape index (κ1) is 17.8. The number of nitrogens with zero attached hydrogens (tertiary/aromatic N) is 3. The van der Waals surface area contributed by atoms with Crippen molar-refractivity contribution in [2.75, 3.05) is 0 Å². The maximum Gasteiger partial charge on any atom is 0.167 e. The molecule has 0 saturated carbocycles. The molecular weight excluding hydrogens is 350 g/mol. The quantitative estimate of drug-likeness (QED) is 0.556. The maximum atomic E-state index is 9.76. The first-order valence-electron chi connectivity index (χ1n) is 8.92. The van der Waals surface area contributed by atoms with Crippen LogP contribution in [0.2, 0.25) is 0 Å². The molecule has 5 nitrogen and oxygen atoms in total. The zero-order valence-electron chi connectivity index (χ0n) is 15.3. The normalized spacial score (nSPS) is 11.6. The molecule has 0 spiro atoms. The van der Waals surface area contributed by atoms with E-state index in [1.54, 1.807) is 13.1 Å². The number of aromatic nitrogens is 3. The van der Waals surface area contributed by atoms with Crippen LogP contribution in [0.5, 0.6) is 0 Å². The van der Waals surface area contributed by atoms with Gasteiger partial charge in [0.25, 0.3) is 0 Å². The summed E-state index contributed by atoms with van der Waals surface area (Å²) in [5, 5.41) is 13.9. The monoisotopic (exact) mass is 368 g/mol. The summed E-state index contributed by atoms with van der Waals surface area (Å²) >= 11 is 0. The van der Waals surface area contributed by atoms with E-state index >= 15 is 0 Å². The number of imidazole rings is 1. The molecule has 137 valence electrons. The summed E-state index contributed by atoms with van der Waals surface area (Å²) in [4.78, 5) is 4.17. The van der Waals surface area contributed by atoms with Crippen LogP contribution in [-0.2, 0) is 6.54 Å². The van der Waals surface area contributed by atoms with Gasteiger partial charge >= 0.3 is 0 Å². The Balaban J connectivity index is 1.48. The zero-order chi connectivity index (χ0) is 19.3. The van der Waals surface area contributed by atoms with Crippen molar-refractivity contribution in [2.24, 2.45) is 0 Å². The van der Waals surface area contributed by atoms with E-state index < -0.39 is 6.10 Å². The fraction of sp³-hybridized carbons (Fsp3) is 0.130. The molecular formula is C23H18N3O2. The highest BCUT2D eigenvalue weighted by atomic mass is 16.5. The van der Waals surface area contributed by atoms with E-state index in [0.29, 0.717) is 18.1 Å². The summed E-state index contributed by atoms with van der Waals surface area (Å²) < 4.78 is 7.34. The summed E-state index contributed by atoms with van der Waals surface area (Å²) in [6, 6.07) is 20.3. The van der Waals surface area contributed by atoms with Gasteiger partial charge in [-0.3, -0.25) is 0 Å². The third-order valence-electron chi connectivity index (χ3n) is 4.25. The van der Waals surface area contributed by atoms with Crippen LogP contribution < -0.4 is 0 Å². The molecule has 4 aromatic rings. The van der Waals surface area contributed by atoms with Crippen LogP contribution >= 0.6 is 0 Å². The minimum absolute atomic E-state index is 0.488. The highest BCUT2D eigenvalue weighted by Crippen LogP contribution is 2.22. The number of aliphatic hydroxyl groups is 1. The minimum Gasteiger partial charge on any atom is -0.385 e. The van der Waals surface area contributed by atoms with Crippen LogP contribution in [0.4, 0.5) is 0 Å². The maximum absolute atomic E-state index is 9.76. The summed E-state index contributed by atoms with van der Waals surface area (Å²) in [5.41, 5.74) is 3.58. The lowest BCUT2D eigenvalue weighted by Gasteiger charge is -2.07. The molecule has 1 N–H and O–H groups in total. The van der Waals surface area contributed by atoms with E-state index in [-0.39, 0.29) is 0 Å². The summed E-state index contributed by atoms with van der Waals surface area (Å²) in [6.45, 7) is 2.18. The van der Waals surface area contributed by atoms with Crippen LogP contribution in [-0.4, -0.2) is 19.8 Å². The fourth-order valence-electron chi connectivity index (χ4n) is 2.85. The molecule has 0 bridgehead atoms. The van der Waals surface area contributed by atoms with E-state index in [0.717, 1.165) is 22.4 Å². The summed E-state index contributed by atoms with van der Waals surface area (Å²) in [7, 11) is 0. The van der Waals surface area contributed by atoms with E-state index in [1.807, 2.05) is 65.4 Å².